The second-order valence-electron chi connectivity index (χ2n) is 7.27. The Morgan fingerprint density at radius 1 is 1.30 bits per heavy atom. The van der Waals surface area contributed by atoms with Crippen LogP contribution in [0.2, 0.25) is 18.1 Å². The van der Waals surface area contributed by atoms with Gasteiger partial charge < -0.3 is 14.3 Å². The highest BCUT2D eigenvalue weighted by Crippen LogP contribution is 2.42. The van der Waals surface area contributed by atoms with E-state index in [1.807, 2.05) is 6.92 Å². The van der Waals surface area contributed by atoms with E-state index in [1.54, 1.807) is 0 Å². The van der Waals surface area contributed by atoms with Gasteiger partial charge in [0.2, 0.25) is 0 Å². The van der Waals surface area contributed by atoms with E-state index < -0.39 is 8.32 Å². The molecule has 0 saturated heterocycles. The van der Waals surface area contributed by atoms with Crippen molar-refractivity contribution in [3.05, 3.63) is 0 Å². The Labute approximate surface area is 124 Å². The van der Waals surface area contributed by atoms with Crippen molar-refractivity contribution in [3.8, 4) is 0 Å². The predicted octanol–water partition coefficient (Wildman–Crippen LogP) is 2.96. The molecule has 0 aliphatic heterocycles. The number of esters is 1. The van der Waals surface area contributed by atoms with Gasteiger partial charge in [-0.3, -0.25) is 4.79 Å². The van der Waals surface area contributed by atoms with Gasteiger partial charge in [0, 0.05) is 12.7 Å². The smallest absolute Gasteiger partial charge is 0.309 e. The largest absolute Gasteiger partial charge is 0.466 e. The lowest BCUT2D eigenvalue weighted by Gasteiger charge is -2.38. The van der Waals surface area contributed by atoms with Gasteiger partial charge in [-0.25, -0.2) is 0 Å². The lowest BCUT2D eigenvalue weighted by Crippen LogP contribution is -2.43. The third kappa shape index (κ3) is 4.05. The van der Waals surface area contributed by atoms with Gasteiger partial charge in [0.1, 0.15) is 0 Å². The number of ether oxygens (including phenoxy) is 1. The lowest BCUT2D eigenvalue weighted by molar-refractivity contribution is -0.149. The van der Waals surface area contributed by atoms with Crippen molar-refractivity contribution in [1.29, 1.82) is 0 Å². The Balaban J connectivity index is 2.70. The summed E-state index contributed by atoms with van der Waals surface area (Å²) in [5.74, 6) is -0.425. The van der Waals surface area contributed by atoms with Crippen LogP contribution in [0.1, 0.15) is 40.5 Å². The molecule has 1 fully saturated rings. The zero-order valence-corrected chi connectivity index (χ0v) is 14.7. The molecule has 1 N–H and O–H groups in total. The van der Waals surface area contributed by atoms with Crippen molar-refractivity contribution in [2.24, 2.45) is 11.8 Å². The van der Waals surface area contributed by atoms with Crippen molar-refractivity contribution >= 4 is 14.3 Å². The van der Waals surface area contributed by atoms with Crippen LogP contribution in [0.4, 0.5) is 0 Å². The number of hydrogen-bond donors (Lipinski definition) is 1. The third-order valence-corrected chi connectivity index (χ3v) is 9.28. The first-order valence-corrected chi connectivity index (χ1v) is 10.5. The molecule has 118 valence electrons. The Hall–Kier alpha value is -0.393. The molecule has 0 unspecified atom stereocenters. The molecule has 0 heterocycles. The standard InChI is InChI=1S/C15H30O4Si/c1-7-18-14(17)13-9-12(8-11(13)10-16)19-20(5,6)15(2,3)4/h11-13,16H,7-10H2,1-6H3/t11-,12+,13+/m0/s1. The molecule has 0 aromatic carbocycles. The minimum absolute atomic E-state index is 0.0242. The zero-order valence-electron chi connectivity index (χ0n) is 13.7. The van der Waals surface area contributed by atoms with E-state index in [4.69, 9.17) is 9.16 Å². The van der Waals surface area contributed by atoms with Crippen molar-refractivity contribution in [2.45, 2.75) is 64.8 Å². The lowest BCUT2D eigenvalue weighted by atomic mass is 9.97. The fraction of sp³-hybridized carbons (Fsp3) is 0.933. The number of aliphatic hydroxyl groups is 1. The quantitative estimate of drug-likeness (QED) is 0.626. The van der Waals surface area contributed by atoms with Crippen molar-refractivity contribution in [2.75, 3.05) is 13.2 Å². The third-order valence-electron chi connectivity index (χ3n) is 4.74. The van der Waals surface area contributed by atoms with E-state index in [2.05, 4.69) is 33.9 Å². The van der Waals surface area contributed by atoms with Crippen molar-refractivity contribution in [1.82, 2.24) is 0 Å². The summed E-state index contributed by atoms with van der Waals surface area (Å²) >= 11 is 0. The number of carbonyl (C=O) groups is 1. The molecule has 1 saturated carbocycles. The first-order valence-electron chi connectivity index (χ1n) is 7.57. The molecule has 0 aromatic heterocycles. The van der Waals surface area contributed by atoms with Crippen molar-refractivity contribution < 1.29 is 19.1 Å². The first kappa shape index (κ1) is 17.7. The van der Waals surface area contributed by atoms with E-state index in [0.29, 0.717) is 13.0 Å². The molecule has 5 heteroatoms. The normalized spacial score (nSPS) is 27.6. The summed E-state index contributed by atoms with van der Waals surface area (Å²) in [4.78, 5) is 11.9. The molecule has 0 amide bonds. The van der Waals surface area contributed by atoms with Crippen molar-refractivity contribution in [3.63, 3.8) is 0 Å². The molecule has 4 nitrogen and oxygen atoms in total. The van der Waals surface area contributed by atoms with Gasteiger partial charge >= 0.3 is 5.97 Å². The SMILES string of the molecule is CCOC(=O)[C@@H]1C[C@H](O[Si](C)(C)C(C)(C)C)C[C@H]1CO. The second kappa shape index (κ2) is 6.58. The fourth-order valence-electron chi connectivity index (χ4n) is 2.50. The van der Waals surface area contributed by atoms with Crippen LogP contribution in [0, 0.1) is 11.8 Å². The molecule has 3 atom stereocenters. The summed E-state index contributed by atoms with van der Waals surface area (Å²) in [6.07, 6.45) is 1.51. The van der Waals surface area contributed by atoms with Crippen LogP contribution >= 0.6 is 0 Å². The molecule has 0 spiro atoms. The molecular formula is C15H30O4Si. The topological polar surface area (TPSA) is 55.8 Å². The molecule has 1 aliphatic carbocycles. The molecule has 0 bridgehead atoms. The average Bonchev–Trinajstić information content (AvgIpc) is 2.70. The average molecular weight is 302 g/mol. The van der Waals surface area contributed by atoms with Gasteiger partial charge in [0.05, 0.1) is 12.5 Å². The summed E-state index contributed by atoms with van der Waals surface area (Å²) in [7, 11) is -1.83. The molecule has 0 radical (unpaired) electrons. The highest BCUT2D eigenvalue weighted by molar-refractivity contribution is 6.74. The minimum Gasteiger partial charge on any atom is -0.466 e. The Morgan fingerprint density at radius 3 is 2.35 bits per heavy atom. The number of rotatable bonds is 5. The van der Waals surface area contributed by atoms with E-state index in [-0.39, 0.29) is 35.6 Å². The van der Waals surface area contributed by atoms with E-state index in [9.17, 15) is 9.90 Å². The second-order valence-corrected chi connectivity index (χ2v) is 12.0. The van der Waals surface area contributed by atoms with E-state index in [1.165, 1.54) is 0 Å². The molecule has 1 rings (SSSR count). The highest BCUT2D eigenvalue weighted by Gasteiger charge is 2.45. The Bertz CT molecular complexity index is 335. The Kier molecular flexibility index (Phi) is 5.81. The van der Waals surface area contributed by atoms with Crippen LogP contribution in [0.25, 0.3) is 0 Å². The Morgan fingerprint density at radius 2 is 1.90 bits per heavy atom. The van der Waals surface area contributed by atoms with Gasteiger partial charge in [0.25, 0.3) is 0 Å². The predicted molar refractivity (Wildman–Crippen MR) is 82.0 cm³/mol. The molecule has 1 aliphatic rings. The van der Waals surface area contributed by atoms with Gasteiger partial charge in [-0.05, 0) is 43.8 Å². The molecule has 20 heavy (non-hydrogen) atoms. The summed E-state index contributed by atoms with van der Waals surface area (Å²) in [6, 6.07) is 0. The molecule has 0 aromatic rings. The van der Waals surface area contributed by atoms with Crippen LogP contribution in [-0.2, 0) is 14.0 Å². The summed E-state index contributed by atoms with van der Waals surface area (Å²) in [6.45, 7) is 13.3. The number of aliphatic hydroxyl groups excluding tert-OH is 1. The summed E-state index contributed by atoms with van der Waals surface area (Å²) < 4.78 is 11.5. The number of carbonyl (C=O) groups excluding carboxylic acids is 1. The zero-order chi connectivity index (χ0) is 15.6. The van der Waals surface area contributed by atoms with Gasteiger partial charge in [-0.1, -0.05) is 20.8 Å². The van der Waals surface area contributed by atoms with Gasteiger partial charge in [-0.15, -0.1) is 0 Å². The van der Waals surface area contributed by atoms with E-state index >= 15 is 0 Å². The molecular weight excluding hydrogens is 272 g/mol. The summed E-state index contributed by atoms with van der Waals surface area (Å²) in [5, 5.41) is 9.63. The van der Waals surface area contributed by atoms with Crippen LogP contribution in [0.3, 0.4) is 0 Å². The first-order chi connectivity index (χ1) is 9.12. The van der Waals surface area contributed by atoms with Crippen LogP contribution < -0.4 is 0 Å². The summed E-state index contributed by atoms with van der Waals surface area (Å²) in [5.41, 5.74) is 0. The van der Waals surface area contributed by atoms with Gasteiger partial charge in [0.15, 0.2) is 8.32 Å². The van der Waals surface area contributed by atoms with E-state index in [0.717, 1.165) is 6.42 Å². The van der Waals surface area contributed by atoms with Crippen LogP contribution in [0.5, 0.6) is 0 Å². The fourth-order valence-corrected chi connectivity index (χ4v) is 3.88. The minimum atomic E-state index is -1.83. The van der Waals surface area contributed by atoms with Crippen LogP contribution in [-0.4, -0.2) is 38.7 Å². The maximum Gasteiger partial charge on any atom is 0.309 e. The number of hydrogen-bond acceptors (Lipinski definition) is 4. The van der Waals surface area contributed by atoms with Crippen LogP contribution in [0.15, 0.2) is 0 Å². The maximum atomic E-state index is 11.9. The maximum absolute atomic E-state index is 11.9. The van der Waals surface area contributed by atoms with Gasteiger partial charge in [-0.2, -0.15) is 0 Å². The highest BCUT2D eigenvalue weighted by atomic mass is 28.4. The monoisotopic (exact) mass is 302 g/mol.